The normalized spacial score (nSPS) is 11.1. The fraction of sp³-hybridized carbons (Fsp3) is 0.450. The van der Waals surface area contributed by atoms with Crippen molar-refractivity contribution < 1.29 is 13.7 Å². The van der Waals surface area contributed by atoms with Crippen LogP contribution in [0, 0.1) is 5.82 Å². The van der Waals surface area contributed by atoms with Gasteiger partial charge in [0.15, 0.2) is 11.7 Å². The van der Waals surface area contributed by atoms with Gasteiger partial charge in [0.25, 0.3) is 0 Å². The van der Waals surface area contributed by atoms with Crippen LogP contribution in [0.2, 0.25) is 0 Å². The maximum Gasteiger partial charge on any atom is 0.246 e. The quantitative estimate of drug-likeness (QED) is 0.266. The zero-order valence-corrected chi connectivity index (χ0v) is 19.3. The lowest BCUT2D eigenvalue weighted by atomic mass is 9.99. The predicted octanol–water partition coefficient (Wildman–Crippen LogP) is 4.03. The highest BCUT2D eigenvalue weighted by atomic mass is 127. The van der Waals surface area contributed by atoms with Gasteiger partial charge in [-0.3, -0.25) is 4.79 Å². The lowest BCUT2D eigenvalue weighted by molar-refractivity contribution is -0.114. The molecule has 0 aliphatic carbocycles. The molecular formula is C20H29FIN5O2. The van der Waals surface area contributed by atoms with E-state index in [1.165, 1.54) is 24.3 Å². The van der Waals surface area contributed by atoms with E-state index in [9.17, 15) is 9.18 Å². The van der Waals surface area contributed by atoms with E-state index in [0.717, 1.165) is 18.5 Å². The van der Waals surface area contributed by atoms with E-state index in [4.69, 9.17) is 4.52 Å². The Morgan fingerprint density at radius 3 is 2.48 bits per heavy atom. The average molecular weight is 517 g/mol. The first-order valence-corrected chi connectivity index (χ1v) is 9.58. The highest BCUT2D eigenvalue weighted by Gasteiger charge is 2.13. The van der Waals surface area contributed by atoms with Crippen molar-refractivity contribution >= 4 is 41.5 Å². The molecule has 1 aromatic heterocycles. The summed E-state index contributed by atoms with van der Waals surface area (Å²) in [5.41, 5.74) is 1.48. The van der Waals surface area contributed by atoms with Crippen molar-refractivity contribution in [2.75, 3.05) is 18.4 Å². The van der Waals surface area contributed by atoms with Gasteiger partial charge >= 0.3 is 0 Å². The third-order valence-corrected chi connectivity index (χ3v) is 4.26. The molecule has 1 heterocycles. The van der Waals surface area contributed by atoms with Crippen LogP contribution in [0.3, 0.4) is 0 Å². The Balaban J connectivity index is 0.00000420. The van der Waals surface area contributed by atoms with Crippen LogP contribution in [-0.2, 0) is 11.3 Å². The summed E-state index contributed by atoms with van der Waals surface area (Å²) in [4.78, 5) is 16.3. The average Bonchev–Trinajstić information content (AvgIpc) is 3.15. The molecule has 0 spiro atoms. The molecule has 2 aromatic rings. The first-order valence-electron chi connectivity index (χ1n) is 9.58. The number of carbonyl (C=O) groups is 1. The van der Waals surface area contributed by atoms with Gasteiger partial charge in [-0.05, 0) is 44.0 Å². The molecule has 1 aromatic carbocycles. The molecule has 2 rings (SSSR count). The van der Waals surface area contributed by atoms with E-state index < -0.39 is 0 Å². The summed E-state index contributed by atoms with van der Waals surface area (Å²) in [5, 5.41) is 13.0. The minimum atomic E-state index is -0.352. The van der Waals surface area contributed by atoms with E-state index in [0.29, 0.717) is 36.4 Å². The topological polar surface area (TPSA) is 91.5 Å². The molecule has 1 amide bonds. The summed E-state index contributed by atoms with van der Waals surface area (Å²) in [7, 11) is 0. The second-order valence-electron chi connectivity index (χ2n) is 6.34. The standard InChI is InChI=1S/C20H28FN5O2.HI/c1-4-14(5-2)18-11-17(28-26-18)12-23-20(22-6-3)24-13-19(27)25-16-9-7-15(21)8-10-16;/h7-11,14H,4-6,12-13H2,1-3H3,(H,25,27)(H2,22,23,24);1H. The molecule has 3 N–H and O–H groups in total. The number of amides is 1. The van der Waals surface area contributed by atoms with Gasteiger partial charge in [0.05, 0.1) is 12.2 Å². The second kappa shape index (κ2) is 13.1. The van der Waals surface area contributed by atoms with Crippen molar-refractivity contribution in [3.8, 4) is 0 Å². The van der Waals surface area contributed by atoms with Crippen molar-refractivity contribution in [2.45, 2.75) is 46.1 Å². The largest absolute Gasteiger partial charge is 0.359 e. The van der Waals surface area contributed by atoms with Crippen molar-refractivity contribution in [3.63, 3.8) is 0 Å². The van der Waals surface area contributed by atoms with Gasteiger partial charge in [0.1, 0.15) is 12.4 Å². The summed E-state index contributed by atoms with van der Waals surface area (Å²) in [5.74, 6) is 0.962. The number of nitrogens with zero attached hydrogens (tertiary/aromatic N) is 2. The molecule has 0 saturated heterocycles. The van der Waals surface area contributed by atoms with Gasteiger partial charge < -0.3 is 20.5 Å². The second-order valence-corrected chi connectivity index (χ2v) is 6.34. The van der Waals surface area contributed by atoms with E-state index >= 15 is 0 Å². The van der Waals surface area contributed by atoms with Crippen LogP contribution in [0.5, 0.6) is 0 Å². The third kappa shape index (κ3) is 8.38. The number of rotatable bonds is 9. The summed E-state index contributed by atoms with van der Waals surface area (Å²) in [6.07, 6.45) is 2.03. The number of halogens is 2. The zero-order chi connectivity index (χ0) is 20.4. The SMILES string of the molecule is CCNC(=NCC(=O)Nc1ccc(F)cc1)NCc1cc(C(CC)CC)no1.I. The van der Waals surface area contributed by atoms with E-state index in [-0.39, 0.29) is 42.2 Å². The molecule has 0 aliphatic rings. The van der Waals surface area contributed by atoms with Gasteiger partial charge in [0, 0.05) is 24.2 Å². The maximum absolute atomic E-state index is 12.9. The fourth-order valence-electron chi connectivity index (χ4n) is 2.71. The zero-order valence-electron chi connectivity index (χ0n) is 17.0. The highest BCUT2D eigenvalue weighted by Crippen LogP contribution is 2.22. The molecular weight excluding hydrogens is 488 g/mol. The minimum absolute atomic E-state index is 0. The number of aromatic nitrogens is 1. The molecule has 0 saturated carbocycles. The van der Waals surface area contributed by atoms with E-state index in [2.05, 4.69) is 39.9 Å². The summed E-state index contributed by atoms with van der Waals surface area (Å²) < 4.78 is 18.3. The number of guanidine groups is 1. The Bertz CT molecular complexity index is 775. The number of benzene rings is 1. The van der Waals surface area contributed by atoms with Crippen LogP contribution in [0.1, 0.15) is 51.0 Å². The minimum Gasteiger partial charge on any atom is -0.359 e. The summed E-state index contributed by atoms with van der Waals surface area (Å²) in [6.45, 7) is 7.21. The molecule has 0 fully saturated rings. The Hall–Kier alpha value is -2.17. The van der Waals surface area contributed by atoms with E-state index in [1.807, 2.05) is 13.0 Å². The smallest absolute Gasteiger partial charge is 0.246 e. The Morgan fingerprint density at radius 1 is 1.17 bits per heavy atom. The molecule has 0 radical (unpaired) electrons. The molecule has 0 aliphatic heterocycles. The third-order valence-electron chi connectivity index (χ3n) is 4.26. The molecule has 9 heteroatoms. The fourth-order valence-corrected chi connectivity index (χ4v) is 2.71. The highest BCUT2D eigenvalue weighted by molar-refractivity contribution is 14.0. The number of nitrogens with one attached hydrogen (secondary N) is 3. The molecule has 0 atom stereocenters. The Kier molecular flexibility index (Phi) is 11.3. The number of hydrogen-bond donors (Lipinski definition) is 3. The number of carbonyl (C=O) groups excluding carboxylic acids is 1. The van der Waals surface area contributed by atoms with Crippen molar-refractivity contribution in [1.82, 2.24) is 15.8 Å². The number of aliphatic imine (C=N–C) groups is 1. The van der Waals surface area contributed by atoms with Gasteiger partial charge in [-0.1, -0.05) is 19.0 Å². The van der Waals surface area contributed by atoms with Crippen molar-refractivity contribution in [2.24, 2.45) is 4.99 Å². The van der Waals surface area contributed by atoms with Gasteiger partial charge in [-0.15, -0.1) is 24.0 Å². The lowest BCUT2D eigenvalue weighted by Gasteiger charge is -2.10. The molecule has 29 heavy (non-hydrogen) atoms. The molecule has 0 bridgehead atoms. The summed E-state index contributed by atoms with van der Waals surface area (Å²) in [6, 6.07) is 7.54. The molecule has 160 valence electrons. The van der Waals surface area contributed by atoms with Gasteiger partial charge in [0.2, 0.25) is 5.91 Å². The van der Waals surface area contributed by atoms with Crippen molar-refractivity contribution in [3.05, 3.63) is 47.6 Å². The molecule has 0 unspecified atom stereocenters. The van der Waals surface area contributed by atoms with Crippen molar-refractivity contribution in [1.29, 1.82) is 0 Å². The van der Waals surface area contributed by atoms with Crippen LogP contribution in [0.25, 0.3) is 0 Å². The summed E-state index contributed by atoms with van der Waals surface area (Å²) >= 11 is 0. The van der Waals surface area contributed by atoms with Crippen LogP contribution in [0.4, 0.5) is 10.1 Å². The maximum atomic E-state index is 12.9. The first kappa shape index (κ1) is 24.9. The lowest BCUT2D eigenvalue weighted by Crippen LogP contribution is -2.37. The van der Waals surface area contributed by atoms with Crippen LogP contribution in [0.15, 0.2) is 39.8 Å². The van der Waals surface area contributed by atoms with Gasteiger partial charge in [-0.25, -0.2) is 9.38 Å². The van der Waals surface area contributed by atoms with Crippen LogP contribution < -0.4 is 16.0 Å². The number of anilines is 1. The van der Waals surface area contributed by atoms with Crippen LogP contribution >= 0.6 is 24.0 Å². The number of hydrogen-bond acceptors (Lipinski definition) is 4. The Morgan fingerprint density at radius 2 is 1.86 bits per heavy atom. The predicted molar refractivity (Wildman–Crippen MR) is 123 cm³/mol. The van der Waals surface area contributed by atoms with Gasteiger partial charge in [-0.2, -0.15) is 0 Å². The van der Waals surface area contributed by atoms with E-state index in [1.54, 1.807) is 0 Å². The van der Waals surface area contributed by atoms with Crippen LogP contribution in [-0.4, -0.2) is 30.1 Å². The first-order chi connectivity index (χ1) is 13.5. The Labute approximate surface area is 187 Å². The monoisotopic (exact) mass is 517 g/mol. The molecule has 7 nitrogen and oxygen atoms in total.